The molecule has 0 radical (unpaired) electrons. The van der Waals surface area contributed by atoms with Gasteiger partial charge in [-0.15, -0.1) is 0 Å². The van der Waals surface area contributed by atoms with Crippen LogP contribution in [-0.4, -0.2) is 26.1 Å². The summed E-state index contributed by atoms with van der Waals surface area (Å²) < 4.78 is 22.2. The van der Waals surface area contributed by atoms with Crippen molar-refractivity contribution in [1.29, 1.82) is 0 Å². The molecule has 0 aliphatic heterocycles. The first kappa shape index (κ1) is 9.73. The average molecular weight is 200 g/mol. The van der Waals surface area contributed by atoms with Crippen LogP contribution in [0.1, 0.15) is 10.4 Å². The van der Waals surface area contributed by atoms with E-state index in [1.54, 1.807) is 0 Å². The second-order valence-corrected chi connectivity index (χ2v) is 4.56. The molecule has 4 nitrogen and oxygen atoms in total. The number of sulfone groups is 1. The lowest BCUT2D eigenvalue weighted by Gasteiger charge is -2.02. The lowest BCUT2D eigenvalue weighted by molar-refractivity contribution is 0.111. The number of rotatable bonds is 2. The van der Waals surface area contributed by atoms with E-state index in [1.165, 1.54) is 18.2 Å². The number of phenols is 1. The summed E-state index contributed by atoms with van der Waals surface area (Å²) in [6.07, 6.45) is 1.31. The molecule has 0 heterocycles. The van der Waals surface area contributed by atoms with E-state index in [0.717, 1.165) is 6.26 Å². The maximum Gasteiger partial charge on any atom is 0.176 e. The molecule has 0 amide bonds. The van der Waals surface area contributed by atoms with E-state index in [4.69, 9.17) is 5.11 Å². The summed E-state index contributed by atoms with van der Waals surface area (Å²) in [4.78, 5) is 10.3. The summed E-state index contributed by atoms with van der Waals surface area (Å²) in [6.45, 7) is 0. The van der Waals surface area contributed by atoms with Gasteiger partial charge >= 0.3 is 0 Å². The van der Waals surface area contributed by atoms with E-state index in [1.807, 2.05) is 0 Å². The highest BCUT2D eigenvalue weighted by atomic mass is 32.2. The highest BCUT2D eigenvalue weighted by Crippen LogP contribution is 2.22. The normalized spacial score (nSPS) is 11.2. The number of aldehydes is 1. The third kappa shape index (κ3) is 1.86. The van der Waals surface area contributed by atoms with Gasteiger partial charge in [-0.05, 0) is 12.1 Å². The molecule has 0 unspecified atom stereocenters. The third-order valence-electron chi connectivity index (χ3n) is 1.56. The minimum absolute atomic E-state index is 0.150. The van der Waals surface area contributed by atoms with Gasteiger partial charge in [-0.1, -0.05) is 6.07 Å². The highest BCUT2D eigenvalue weighted by Gasteiger charge is 2.15. The molecule has 0 fully saturated rings. The van der Waals surface area contributed by atoms with Gasteiger partial charge in [0.25, 0.3) is 0 Å². The van der Waals surface area contributed by atoms with Gasteiger partial charge in [0.15, 0.2) is 16.1 Å². The maximum atomic E-state index is 11.1. The summed E-state index contributed by atoms with van der Waals surface area (Å²) in [5, 5.41) is 9.16. The Labute approximate surface area is 75.7 Å². The Hall–Kier alpha value is -1.36. The minimum Gasteiger partial charge on any atom is -0.507 e. The SMILES string of the molecule is CS(=O)(=O)c1cccc(O)c1C=O. The predicted octanol–water partition coefficient (Wildman–Crippen LogP) is 0.608. The maximum absolute atomic E-state index is 11.1. The van der Waals surface area contributed by atoms with Crippen molar-refractivity contribution in [3.63, 3.8) is 0 Å². The number of hydrogen-bond donors (Lipinski definition) is 1. The van der Waals surface area contributed by atoms with E-state index in [-0.39, 0.29) is 16.2 Å². The quantitative estimate of drug-likeness (QED) is 0.710. The number of carbonyl (C=O) groups excluding carboxylic acids is 1. The molecular weight excluding hydrogens is 192 g/mol. The average Bonchev–Trinajstić information content (AvgIpc) is 2.02. The molecule has 70 valence electrons. The van der Waals surface area contributed by atoms with E-state index < -0.39 is 9.84 Å². The summed E-state index contributed by atoms with van der Waals surface area (Å²) in [6, 6.07) is 3.91. The highest BCUT2D eigenvalue weighted by molar-refractivity contribution is 7.90. The molecule has 13 heavy (non-hydrogen) atoms. The molecule has 0 aliphatic carbocycles. The van der Waals surface area contributed by atoms with Crippen molar-refractivity contribution in [1.82, 2.24) is 0 Å². The standard InChI is InChI=1S/C8H8O4S/c1-13(11,12)8-4-2-3-7(10)6(8)5-9/h2-5,10H,1H3. The Balaban J connectivity index is 3.56. The monoisotopic (exact) mass is 200 g/mol. The molecule has 5 heteroatoms. The van der Waals surface area contributed by atoms with Crippen LogP contribution in [0.3, 0.4) is 0 Å². The van der Waals surface area contributed by atoms with Gasteiger partial charge in [-0.25, -0.2) is 8.42 Å². The number of phenolic OH excluding ortho intramolecular Hbond substituents is 1. The molecule has 1 aromatic rings. The zero-order valence-corrected chi connectivity index (χ0v) is 7.71. The molecule has 1 rings (SSSR count). The first-order valence-electron chi connectivity index (χ1n) is 3.44. The fraction of sp³-hybridized carbons (Fsp3) is 0.125. The Morgan fingerprint density at radius 3 is 2.38 bits per heavy atom. The third-order valence-corrected chi connectivity index (χ3v) is 2.72. The summed E-state index contributed by atoms with van der Waals surface area (Å²) in [7, 11) is -3.46. The van der Waals surface area contributed by atoms with Crippen LogP contribution in [-0.2, 0) is 9.84 Å². The van der Waals surface area contributed by atoms with Crippen LogP contribution in [0, 0.1) is 0 Å². The summed E-state index contributed by atoms with van der Waals surface area (Å²) in [5.74, 6) is -0.321. The zero-order valence-electron chi connectivity index (χ0n) is 6.89. The van der Waals surface area contributed by atoms with Gasteiger partial charge < -0.3 is 5.11 Å². The van der Waals surface area contributed by atoms with Crippen LogP contribution in [0.2, 0.25) is 0 Å². The van der Waals surface area contributed by atoms with Gasteiger partial charge in [0.1, 0.15) is 5.75 Å². The molecule has 0 spiro atoms. The molecule has 1 aromatic carbocycles. The van der Waals surface area contributed by atoms with E-state index in [0.29, 0.717) is 6.29 Å². The van der Waals surface area contributed by atoms with E-state index in [2.05, 4.69) is 0 Å². The smallest absolute Gasteiger partial charge is 0.176 e. The van der Waals surface area contributed by atoms with Gasteiger partial charge in [0.05, 0.1) is 10.5 Å². The Bertz CT molecular complexity index is 433. The van der Waals surface area contributed by atoms with Crippen molar-refractivity contribution < 1.29 is 18.3 Å². The first-order valence-corrected chi connectivity index (χ1v) is 5.33. The second kappa shape index (κ2) is 3.18. The minimum atomic E-state index is -3.46. The van der Waals surface area contributed by atoms with Gasteiger partial charge in [0.2, 0.25) is 0 Å². The molecule has 0 atom stereocenters. The Morgan fingerprint density at radius 2 is 2.00 bits per heavy atom. The second-order valence-electron chi connectivity index (χ2n) is 2.58. The van der Waals surface area contributed by atoms with Crippen LogP contribution in [0.5, 0.6) is 5.75 Å². The van der Waals surface area contributed by atoms with Crippen LogP contribution < -0.4 is 0 Å². The van der Waals surface area contributed by atoms with Crippen molar-refractivity contribution in [2.45, 2.75) is 4.90 Å². The molecule has 0 aromatic heterocycles. The van der Waals surface area contributed by atoms with Crippen LogP contribution in [0.4, 0.5) is 0 Å². The molecule has 1 N–H and O–H groups in total. The molecule has 0 saturated carbocycles. The predicted molar refractivity (Wildman–Crippen MR) is 46.6 cm³/mol. The summed E-state index contributed by atoms with van der Waals surface area (Å²) >= 11 is 0. The topological polar surface area (TPSA) is 71.4 Å². The van der Waals surface area contributed by atoms with Crippen molar-refractivity contribution in [2.75, 3.05) is 6.26 Å². The van der Waals surface area contributed by atoms with Crippen LogP contribution in [0.25, 0.3) is 0 Å². The van der Waals surface area contributed by atoms with Crippen LogP contribution >= 0.6 is 0 Å². The van der Waals surface area contributed by atoms with Crippen molar-refractivity contribution >= 4 is 16.1 Å². The van der Waals surface area contributed by atoms with Crippen molar-refractivity contribution in [3.05, 3.63) is 23.8 Å². The van der Waals surface area contributed by atoms with Gasteiger partial charge in [-0.3, -0.25) is 4.79 Å². The number of hydrogen-bond acceptors (Lipinski definition) is 4. The number of benzene rings is 1. The lowest BCUT2D eigenvalue weighted by atomic mass is 10.2. The van der Waals surface area contributed by atoms with Crippen LogP contribution in [0.15, 0.2) is 23.1 Å². The Kier molecular flexibility index (Phi) is 2.38. The molecule has 0 saturated heterocycles. The fourth-order valence-corrected chi connectivity index (χ4v) is 1.85. The first-order chi connectivity index (χ1) is 5.96. The number of aromatic hydroxyl groups is 1. The molecule has 0 aliphatic rings. The zero-order chi connectivity index (χ0) is 10.1. The summed E-state index contributed by atoms with van der Waals surface area (Å²) in [5.41, 5.74) is -0.190. The van der Waals surface area contributed by atoms with E-state index in [9.17, 15) is 13.2 Å². The molecular formula is C8H8O4S. The number of carbonyl (C=O) groups is 1. The lowest BCUT2D eigenvalue weighted by Crippen LogP contribution is -2.01. The largest absolute Gasteiger partial charge is 0.507 e. The van der Waals surface area contributed by atoms with E-state index >= 15 is 0 Å². The Morgan fingerprint density at radius 1 is 1.38 bits per heavy atom. The van der Waals surface area contributed by atoms with Crippen molar-refractivity contribution in [2.24, 2.45) is 0 Å². The van der Waals surface area contributed by atoms with Crippen molar-refractivity contribution in [3.8, 4) is 5.75 Å². The van der Waals surface area contributed by atoms with Gasteiger partial charge in [-0.2, -0.15) is 0 Å². The molecule has 0 bridgehead atoms. The fourth-order valence-electron chi connectivity index (χ4n) is 0.974. The van der Waals surface area contributed by atoms with Gasteiger partial charge in [0, 0.05) is 6.26 Å².